The minimum absolute atomic E-state index is 0.0584. The number of halogens is 1. The SMILES string of the molecule is COc1ccc(S(=O)(=O)NCCc2nnc(-c3cccs3)o2)cc1Cl. The van der Waals surface area contributed by atoms with Crippen molar-refractivity contribution in [3.8, 4) is 16.5 Å². The van der Waals surface area contributed by atoms with Crippen LogP contribution in [0.5, 0.6) is 5.75 Å². The van der Waals surface area contributed by atoms with Gasteiger partial charge in [0.15, 0.2) is 0 Å². The van der Waals surface area contributed by atoms with E-state index in [1.165, 1.54) is 36.6 Å². The van der Waals surface area contributed by atoms with Crippen molar-refractivity contribution in [1.82, 2.24) is 14.9 Å². The smallest absolute Gasteiger partial charge is 0.257 e. The minimum atomic E-state index is -3.69. The van der Waals surface area contributed by atoms with Crippen LogP contribution in [0.3, 0.4) is 0 Å². The van der Waals surface area contributed by atoms with Gasteiger partial charge in [-0.3, -0.25) is 0 Å². The Bertz CT molecular complexity index is 955. The number of ether oxygens (including phenoxy) is 1. The van der Waals surface area contributed by atoms with Crippen LogP contribution >= 0.6 is 22.9 Å². The summed E-state index contributed by atoms with van der Waals surface area (Å²) >= 11 is 7.46. The van der Waals surface area contributed by atoms with Crippen LogP contribution in [0.2, 0.25) is 5.02 Å². The first kappa shape index (κ1) is 17.9. The molecule has 3 rings (SSSR count). The van der Waals surface area contributed by atoms with Crippen molar-refractivity contribution in [3.05, 3.63) is 46.6 Å². The highest BCUT2D eigenvalue weighted by molar-refractivity contribution is 7.89. The number of hydrogen-bond donors (Lipinski definition) is 1. The average molecular weight is 400 g/mol. The van der Waals surface area contributed by atoms with Crippen molar-refractivity contribution < 1.29 is 17.6 Å². The minimum Gasteiger partial charge on any atom is -0.495 e. The van der Waals surface area contributed by atoms with Gasteiger partial charge in [0, 0.05) is 13.0 Å². The molecule has 0 saturated carbocycles. The van der Waals surface area contributed by atoms with Crippen molar-refractivity contribution in [2.45, 2.75) is 11.3 Å². The second-order valence-corrected chi connectivity index (χ2v) is 8.04. The summed E-state index contributed by atoms with van der Waals surface area (Å²) < 4.78 is 37.6. The molecule has 0 aliphatic rings. The molecule has 0 aliphatic carbocycles. The van der Waals surface area contributed by atoms with Gasteiger partial charge in [-0.1, -0.05) is 17.7 Å². The highest BCUT2D eigenvalue weighted by atomic mass is 35.5. The van der Waals surface area contributed by atoms with Crippen molar-refractivity contribution in [3.63, 3.8) is 0 Å². The number of methoxy groups -OCH3 is 1. The first-order valence-electron chi connectivity index (χ1n) is 7.19. The highest BCUT2D eigenvalue weighted by Gasteiger charge is 2.16. The maximum absolute atomic E-state index is 12.3. The van der Waals surface area contributed by atoms with Gasteiger partial charge in [-0.25, -0.2) is 13.1 Å². The fourth-order valence-corrected chi connectivity index (χ4v) is 4.07. The first-order valence-corrected chi connectivity index (χ1v) is 9.93. The molecule has 1 N–H and O–H groups in total. The van der Waals surface area contributed by atoms with Crippen LogP contribution in [0.15, 0.2) is 45.0 Å². The lowest BCUT2D eigenvalue weighted by atomic mass is 10.3. The summed E-state index contributed by atoms with van der Waals surface area (Å²) in [6, 6.07) is 8.03. The summed E-state index contributed by atoms with van der Waals surface area (Å²) in [6.45, 7) is 0.123. The van der Waals surface area contributed by atoms with Crippen LogP contribution in [0.4, 0.5) is 0 Å². The van der Waals surface area contributed by atoms with E-state index in [2.05, 4.69) is 14.9 Å². The van der Waals surface area contributed by atoms with E-state index in [9.17, 15) is 8.42 Å². The molecule has 25 heavy (non-hydrogen) atoms. The Morgan fingerprint density at radius 3 is 2.84 bits per heavy atom. The number of sulfonamides is 1. The van der Waals surface area contributed by atoms with Gasteiger partial charge in [0.25, 0.3) is 5.89 Å². The van der Waals surface area contributed by atoms with E-state index in [0.29, 0.717) is 17.5 Å². The zero-order chi connectivity index (χ0) is 17.9. The van der Waals surface area contributed by atoms with Gasteiger partial charge in [-0.2, -0.15) is 0 Å². The van der Waals surface area contributed by atoms with E-state index >= 15 is 0 Å². The third kappa shape index (κ3) is 4.18. The highest BCUT2D eigenvalue weighted by Crippen LogP contribution is 2.27. The molecule has 0 radical (unpaired) electrons. The summed E-state index contributed by atoms with van der Waals surface area (Å²) in [4.78, 5) is 0.926. The molecule has 0 saturated heterocycles. The molecular formula is C15H14ClN3O4S2. The lowest BCUT2D eigenvalue weighted by Crippen LogP contribution is -2.26. The molecule has 0 aliphatic heterocycles. The predicted octanol–water partition coefficient (Wildman–Crippen LogP) is 2.98. The van der Waals surface area contributed by atoms with Crippen LogP contribution in [-0.4, -0.2) is 32.3 Å². The molecule has 0 spiro atoms. The molecule has 0 fully saturated rings. The molecule has 2 heterocycles. The number of aromatic nitrogens is 2. The van der Waals surface area contributed by atoms with E-state index in [4.69, 9.17) is 20.8 Å². The standard InChI is InChI=1S/C15H14ClN3O4S2/c1-22-12-5-4-10(9-11(12)16)25(20,21)17-7-6-14-18-19-15(23-14)13-3-2-8-24-13/h2-5,8-9,17H,6-7H2,1H3. The number of hydrogen-bond acceptors (Lipinski definition) is 7. The Hall–Kier alpha value is -1.94. The van der Waals surface area contributed by atoms with E-state index in [-0.39, 0.29) is 22.9 Å². The summed E-state index contributed by atoms with van der Waals surface area (Å²) in [5.74, 6) is 1.20. The van der Waals surface area contributed by atoms with Crippen molar-refractivity contribution in [2.24, 2.45) is 0 Å². The molecule has 1 aromatic carbocycles. The third-order valence-electron chi connectivity index (χ3n) is 3.26. The fraction of sp³-hybridized carbons (Fsp3) is 0.200. The predicted molar refractivity (Wildman–Crippen MR) is 94.5 cm³/mol. The molecular weight excluding hydrogens is 386 g/mol. The van der Waals surface area contributed by atoms with Crippen LogP contribution in [0, 0.1) is 0 Å². The second kappa shape index (κ2) is 7.52. The molecule has 132 valence electrons. The zero-order valence-electron chi connectivity index (χ0n) is 13.1. The van der Waals surface area contributed by atoms with Gasteiger partial charge in [0.1, 0.15) is 5.75 Å². The van der Waals surface area contributed by atoms with Crippen LogP contribution in [0.25, 0.3) is 10.8 Å². The normalized spacial score (nSPS) is 11.6. The van der Waals surface area contributed by atoms with Gasteiger partial charge in [-0.15, -0.1) is 21.5 Å². The van der Waals surface area contributed by atoms with Crippen LogP contribution in [0.1, 0.15) is 5.89 Å². The maximum atomic E-state index is 12.3. The molecule has 2 aromatic heterocycles. The van der Waals surface area contributed by atoms with Gasteiger partial charge in [-0.05, 0) is 29.6 Å². The van der Waals surface area contributed by atoms with E-state index in [0.717, 1.165) is 4.88 Å². The molecule has 10 heteroatoms. The van der Waals surface area contributed by atoms with Crippen molar-refractivity contribution in [2.75, 3.05) is 13.7 Å². The quantitative estimate of drug-likeness (QED) is 0.656. The lowest BCUT2D eigenvalue weighted by molar-refractivity contribution is 0.414. The number of nitrogens with one attached hydrogen (secondary N) is 1. The van der Waals surface area contributed by atoms with Crippen molar-refractivity contribution in [1.29, 1.82) is 0 Å². The molecule has 3 aromatic rings. The third-order valence-corrected chi connectivity index (χ3v) is 5.88. The Kier molecular flexibility index (Phi) is 5.38. The molecule has 0 bridgehead atoms. The molecule has 0 unspecified atom stereocenters. The second-order valence-electron chi connectivity index (χ2n) is 4.92. The lowest BCUT2D eigenvalue weighted by Gasteiger charge is -2.08. The molecule has 7 nitrogen and oxygen atoms in total. The summed E-state index contributed by atoms with van der Waals surface area (Å²) in [6.07, 6.45) is 0.279. The Morgan fingerprint density at radius 1 is 1.32 bits per heavy atom. The van der Waals surface area contributed by atoms with Gasteiger partial charge >= 0.3 is 0 Å². The fourth-order valence-electron chi connectivity index (χ4n) is 2.04. The van der Waals surface area contributed by atoms with E-state index in [1.54, 1.807) is 0 Å². The molecule has 0 amide bonds. The topological polar surface area (TPSA) is 94.3 Å². The first-order chi connectivity index (χ1) is 12.0. The number of thiophene rings is 1. The number of benzene rings is 1. The van der Waals surface area contributed by atoms with E-state index < -0.39 is 10.0 Å². The zero-order valence-corrected chi connectivity index (χ0v) is 15.5. The molecule has 0 atom stereocenters. The Morgan fingerprint density at radius 2 is 2.16 bits per heavy atom. The Labute approximate surface area is 153 Å². The van der Waals surface area contributed by atoms with Gasteiger partial charge < -0.3 is 9.15 Å². The van der Waals surface area contributed by atoms with Crippen LogP contribution < -0.4 is 9.46 Å². The van der Waals surface area contributed by atoms with Gasteiger partial charge in [0.05, 0.1) is 21.9 Å². The van der Waals surface area contributed by atoms with Crippen LogP contribution in [-0.2, 0) is 16.4 Å². The number of nitrogens with zero attached hydrogens (tertiary/aromatic N) is 2. The largest absolute Gasteiger partial charge is 0.495 e. The van der Waals surface area contributed by atoms with E-state index in [1.807, 2.05) is 17.5 Å². The monoisotopic (exact) mass is 399 g/mol. The summed E-state index contributed by atoms with van der Waals surface area (Å²) in [7, 11) is -2.23. The van der Waals surface area contributed by atoms with Gasteiger partial charge in [0.2, 0.25) is 15.9 Å². The number of rotatable bonds is 7. The summed E-state index contributed by atoms with van der Waals surface area (Å²) in [5.41, 5.74) is 0. The average Bonchev–Trinajstić information content (AvgIpc) is 3.26. The Balaban J connectivity index is 1.62. The summed E-state index contributed by atoms with van der Waals surface area (Å²) in [5, 5.41) is 10.0. The maximum Gasteiger partial charge on any atom is 0.257 e. The van der Waals surface area contributed by atoms with Crippen molar-refractivity contribution >= 4 is 33.0 Å².